The maximum Gasteiger partial charge on any atom is 0.255 e. The number of benzene rings is 1. The summed E-state index contributed by atoms with van der Waals surface area (Å²) in [7, 11) is 1.76. The Bertz CT molecular complexity index is 667. The normalized spacial score (nSPS) is 10.2. The van der Waals surface area contributed by atoms with Crippen molar-refractivity contribution in [1.29, 1.82) is 0 Å². The number of pyridine rings is 1. The summed E-state index contributed by atoms with van der Waals surface area (Å²) in [6, 6.07) is 11.2. The second-order valence-electron chi connectivity index (χ2n) is 4.91. The number of carbonyl (C=O) groups excluding carboxylic acids is 1. The molecule has 0 aliphatic heterocycles. The van der Waals surface area contributed by atoms with Crippen LogP contribution in [-0.2, 0) is 6.54 Å². The van der Waals surface area contributed by atoms with Gasteiger partial charge in [-0.2, -0.15) is 0 Å². The number of amides is 1. The predicted octanol–water partition coefficient (Wildman–Crippen LogP) is 2.30. The number of rotatable bonds is 4. The fraction of sp³-hybridized carbons (Fsp3) is 0.188. The minimum absolute atomic E-state index is 0.0665. The number of nitrogens with zero attached hydrogens (tertiary/aromatic N) is 2. The molecular weight excluding hydrogens is 282 g/mol. The molecule has 1 aromatic carbocycles. The predicted molar refractivity (Wildman–Crippen MR) is 87.1 cm³/mol. The summed E-state index contributed by atoms with van der Waals surface area (Å²) in [5.74, 6) is -0.0665. The topological polar surface area (TPSA) is 59.2 Å². The summed E-state index contributed by atoms with van der Waals surface area (Å²) >= 11 is 4.96. The number of thiocarbonyl (C=S) groups is 1. The van der Waals surface area contributed by atoms with Gasteiger partial charge < -0.3 is 10.6 Å². The Labute approximate surface area is 129 Å². The van der Waals surface area contributed by atoms with Crippen molar-refractivity contribution in [2.24, 2.45) is 5.73 Å². The van der Waals surface area contributed by atoms with E-state index in [2.05, 4.69) is 4.98 Å². The van der Waals surface area contributed by atoms with Crippen LogP contribution in [0, 0.1) is 6.92 Å². The molecule has 0 aliphatic carbocycles. The van der Waals surface area contributed by atoms with Gasteiger partial charge in [0, 0.05) is 31.0 Å². The van der Waals surface area contributed by atoms with Crippen LogP contribution in [0.15, 0.2) is 42.6 Å². The number of aryl methyl sites for hydroxylation is 1. The molecule has 21 heavy (non-hydrogen) atoms. The highest BCUT2D eigenvalue weighted by molar-refractivity contribution is 7.80. The van der Waals surface area contributed by atoms with Gasteiger partial charge in [-0.1, -0.05) is 30.4 Å². The molecule has 108 valence electrons. The quantitative estimate of drug-likeness (QED) is 0.880. The second kappa shape index (κ2) is 6.45. The molecule has 0 bridgehead atoms. The van der Waals surface area contributed by atoms with Gasteiger partial charge in [-0.05, 0) is 30.7 Å². The van der Waals surface area contributed by atoms with E-state index in [1.165, 1.54) is 0 Å². The molecule has 0 aliphatic rings. The first-order chi connectivity index (χ1) is 9.97. The number of hydrogen-bond donors (Lipinski definition) is 1. The van der Waals surface area contributed by atoms with Crippen LogP contribution in [0.2, 0.25) is 0 Å². The molecule has 0 saturated heterocycles. The lowest BCUT2D eigenvalue weighted by Gasteiger charge is -2.17. The van der Waals surface area contributed by atoms with Crippen molar-refractivity contribution < 1.29 is 4.79 Å². The van der Waals surface area contributed by atoms with Crippen LogP contribution in [0.1, 0.15) is 27.2 Å². The first-order valence-corrected chi connectivity index (χ1v) is 6.95. The van der Waals surface area contributed by atoms with Gasteiger partial charge in [0.05, 0.1) is 5.56 Å². The monoisotopic (exact) mass is 299 g/mol. The summed E-state index contributed by atoms with van der Waals surface area (Å²) in [5, 5.41) is 0. The minimum atomic E-state index is -0.0665. The molecule has 0 fully saturated rings. The van der Waals surface area contributed by atoms with Crippen molar-refractivity contribution >= 4 is 23.1 Å². The molecule has 1 amide bonds. The van der Waals surface area contributed by atoms with Crippen LogP contribution in [0.4, 0.5) is 0 Å². The van der Waals surface area contributed by atoms with E-state index < -0.39 is 0 Å². The number of carbonyl (C=O) groups is 1. The minimum Gasteiger partial charge on any atom is -0.389 e. The number of aromatic nitrogens is 1. The third-order valence-electron chi connectivity index (χ3n) is 3.14. The average Bonchev–Trinajstić information content (AvgIpc) is 2.47. The SMILES string of the molecule is Cc1ccc(C(=O)N(C)Cc2cccc(C(N)=S)c2)cn1. The Morgan fingerprint density at radius 1 is 1.29 bits per heavy atom. The Morgan fingerprint density at radius 3 is 2.67 bits per heavy atom. The van der Waals surface area contributed by atoms with E-state index >= 15 is 0 Å². The van der Waals surface area contributed by atoms with Crippen LogP contribution in [0.25, 0.3) is 0 Å². The van der Waals surface area contributed by atoms with E-state index in [-0.39, 0.29) is 5.91 Å². The molecule has 2 rings (SSSR count). The highest BCUT2D eigenvalue weighted by atomic mass is 32.1. The Balaban J connectivity index is 2.12. The Kier molecular flexibility index (Phi) is 4.65. The molecule has 5 heteroatoms. The smallest absolute Gasteiger partial charge is 0.255 e. The lowest BCUT2D eigenvalue weighted by molar-refractivity contribution is 0.0784. The summed E-state index contributed by atoms with van der Waals surface area (Å²) in [5.41, 5.74) is 8.87. The molecular formula is C16H17N3OS. The zero-order valence-corrected chi connectivity index (χ0v) is 12.9. The number of nitrogens with two attached hydrogens (primary N) is 1. The Hall–Kier alpha value is -2.27. The van der Waals surface area contributed by atoms with Crippen LogP contribution in [0.5, 0.6) is 0 Å². The van der Waals surface area contributed by atoms with Gasteiger partial charge in [-0.25, -0.2) is 0 Å². The highest BCUT2D eigenvalue weighted by Gasteiger charge is 2.12. The molecule has 0 unspecified atom stereocenters. The highest BCUT2D eigenvalue weighted by Crippen LogP contribution is 2.10. The molecule has 2 aromatic rings. The molecule has 2 N–H and O–H groups in total. The van der Waals surface area contributed by atoms with Crippen LogP contribution < -0.4 is 5.73 Å². The van der Waals surface area contributed by atoms with Crippen molar-refractivity contribution in [3.8, 4) is 0 Å². The van der Waals surface area contributed by atoms with Crippen molar-refractivity contribution in [2.45, 2.75) is 13.5 Å². The van der Waals surface area contributed by atoms with E-state index in [4.69, 9.17) is 18.0 Å². The average molecular weight is 299 g/mol. The Morgan fingerprint density at radius 2 is 2.05 bits per heavy atom. The van der Waals surface area contributed by atoms with Gasteiger partial charge in [0.2, 0.25) is 0 Å². The summed E-state index contributed by atoms with van der Waals surface area (Å²) in [4.78, 5) is 18.5. The summed E-state index contributed by atoms with van der Waals surface area (Å²) < 4.78 is 0. The van der Waals surface area contributed by atoms with Gasteiger partial charge in [-0.15, -0.1) is 0 Å². The molecule has 1 heterocycles. The van der Waals surface area contributed by atoms with Gasteiger partial charge in [0.15, 0.2) is 0 Å². The van der Waals surface area contributed by atoms with E-state index in [1.807, 2.05) is 37.3 Å². The van der Waals surface area contributed by atoms with E-state index in [1.54, 1.807) is 24.2 Å². The molecule has 1 aromatic heterocycles. The molecule has 0 spiro atoms. The van der Waals surface area contributed by atoms with E-state index in [9.17, 15) is 4.79 Å². The van der Waals surface area contributed by atoms with Gasteiger partial charge >= 0.3 is 0 Å². The van der Waals surface area contributed by atoms with Crippen molar-refractivity contribution in [1.82, 2.24) is 9.88 Å². The largest absolute Gasteiger partial charge is 0.389 e. The van der Waals surface area contributed by atoms with Gasteiger partial charge in [-0.3, -0.25) is 9.78 Å². The molecule has 4 nitrogen and oxygen atoms in total. The second-order valence-corrected chi connectivity index (χ2v) is 5.35. The standard InChI is InChI=1S/C16H17N3OS/c1-11-6-7-14(9-18-11)16(20)19(2)10-12-4-3-5-13(8-12)15(17)21/h3-9H,10H2,1-2H3,(H2,17,21). The first-order valence-electron chi connectivity index (χ1n) is 6.54. The molecule has 0 radical (unpaired) electrons. The third-order valence-corrected chi connectivity index (χ3v) is 3.37. The van der Waals surface area contributed by atoms with Gasteiger partial charge in [0.1, 0.15) is 4.99 Å². The summed E-state index contributed by atoms with van der Waals surface area (Å²) in [6.45, 7) is 2.38. The fourth-order valence-corrected chi connectivity index (χ4v) is 2.11. The van der Waals surface area contributed by atoms with Crippen molar-refractivity contribution in [3.05, 3.63) is 65.0 Å². The fourth-order valence-electron chi connectivity index (χ4n) is 1.98. The first kappa shape index (κ1) is 15.1. The van der Waals surface area contributed by atoms with E-state index in [0.717, 1.165) is 16.8 Å². The lowest BCUT2D eigenvalue weighted by Crippen LogP contribution is -2.26. The maximum atomic E-state index is 12.3. The lowest BCUT2D eigenvalue weighted by atomic mass is 10.1. The zero-order chi connectivity index (χ0) is 15.4. The van der Waals surface area contributed by atoms with Crippen LogP contribution in [0.3, 0.4) is 0 Å². The molecule has 0 saturated carbocycles. The van der Waals surface area contributed by atoms with Gasteiger partial charge in [0.25, 0.3) is 5.91 Å². The summed E-state index contributed by atoms with van der Waals surface area (Å²) in [6.07, 6.45) is 1.60. The van der Waals surface area contributed by atoms with Crippen molar-refractivity contribution in [2.75, 3.05) is 7.05 Å². The molecule has 0 atom stereocenters. The maximum absolute atomic E-state index is 12.3. The van der Waals surface area contributed by atoms with Crippen LogP contribution >= 0.6 is 12.2 Å². The van der Waals surface area contributed by atoms with Crippen LogP contribution in [-0.4, -0.2) is 27.8 Å². The number of hydrogen-bond acceptors (Lipinski definition) is 3. The van der Waals surface area contributed by atoms with Crippen molar-refractivity contribution in [3.63, 3.8) is 0 Å². The van der Waals surface area contributed by atoms with E-state index in [0.29, 0.717) is 17.1 Å². The third kappa shape index (κ3) is 3.86. The zero-order valence-electron chi connectivity index (χ0n) is 12.0.